The van der Waals surface area contributed by atoms with Gasteiger partial charge in [0.2, 0.25) is 0 Å². The molecule has 1 aromatic carbocycles. The van der Waals surface area contributed by atoms with Crippen LogP contribution in [0.1, 0.15) is 18.9 Å². The first-order valence-electron chi connectivity index (χ1n) is 5.29. The molecule has 0 saturated heterocycles. The zero-order chi connectivity index (χ0) is 12.2. The van der Waals surface area contributed by atoms with Crippen LogP contribution in [-0.2, 0) is 11.2 Å². The van der Waals surface area contributed by atoms with Gasteiger partial charge in [-0.25, -0.2) is 4.79 Å². The molecule has 0 amide bonds. The number of carboxylic acids is 1. The van der Waals surface area contributed by atoms with Crippen LogP contribution in [0.2, 0.25) is 0 Å². The van der Waals surface area contributed by atoms with Gasteiger partial charge >= 0.3 is 5.97 Å². The fourth-order valence-electron chi connectivity index (χ4n) is 1.48. The average molecular weight is 222 g/mol. The predicted molar refractivity (Wildman–Crippen MR) is 62.7 cm³/mol. The fraction of sp³-hybridized carbons (Fsp3) is 0.417. The highest BCUT2D eigenvalue weighted by atomic mass is 16.4. The second-order valence-electron chi connectivity index (χ2n) is 4.16. The Morgan fingerprint density at radius 1 is 1.38 bits per heavy atom. The van der Waals surface area contributed by atoms with Crippen molar-refractivity contribution in [1.82, 2.24) is 0 Å². The van der Waals surface area contributed by atoms with Crippen LogP contribution < -0.4 is 11.5 Å². The number of rotatable bonds is 5. The van der Waals surface area contributed by atoms with Gasteiger partial charge in [-0.3, -0.25) is 0 Å². The standard InChI is InChI=1S/C12H18N2O2/c1-9(12(13,14)11(15)16)7-8-10-5-3-2-4-6-10/h2-6,9H,7-8,13-14H2,1H3,(H,15,16). The number of hydrogen-bond acceptors (Lipinski definition) is 3. The normalized spacial score (nSPS) is 13.4. The van der Waals surface area contributed by atoms with Gasteiger partial charge < -0.3 is 16.6 Å². The first-order valence-corrected chi connectivity index (χ1v) is 5.29. The van der Waals surface area contributed by atoms with Crippen molar-refractivity contribution in [3.8, 4) is 0 Å². The Morgan fingerprint density at radius 3 is 2.44 bits per heavy atom. The van der Waals surface area contributed by atoms with Crippen LogP contribution in [0.5, 0.6) is 0 Å². The molecule has 0 aliphatic heterocycles. The second-order valence-corrected chi connectivity index (χ2v) is 4.16. The molecular weight excluding hydrogens is 204 g/mol. The summed E-state index contributed by atoms with van der Waals surface area (Å²) in [5, 5.41) is 8.86. The van der Waals surface area contributed by atoms with E-state index >= 15 is 0 Å². The number of benzene rings is 1. The Labute approximate surface area is 95.3 Å². The molecule has 4 heteroatoms. The van der Waals surface area contributed by atoms with E-state index in [1.807, 2.05) is 30.3 Å². The summed E-state index contributed by atoms with van der Waals surface area (Å²) in [6, 6.07) is 9.86. The van der Waals surface area contributed by atoms with Gasteiger partial charge in [-0.05, 0) is 24.3 Å². The van der Waals surface area contributed by atoms with Crippen molar-refractivity contribution in [2.24, 2.45) is 17.4 Å². The van der Waals surface area contributed by atoms with Gasteiger partial charge in [0.25, 0.3) is 0 Å². The molecule has 16 heavy (non-hydrogen) atoms. The van der Waals surface area contributed by atoms with E-state index in [-0.39, 0.29) is 5.92 Å². The number of carboxylic acid groups (broad SMARTS) is 1. The average Bonchev–Trinajstić information content (AvgIpc) is 2.27. The SMILES string of the molecule is CC(CCc1ccccc1)C(N)(N)C(=O)O. The van der Waals surface area contributed by atoms with Crippen molar-refractivity contribution >= 4 is 5.97 Å². The van der Waals surface area contributed by atoms with Crippen molar-refractivity contribution < 1.29 is 9.90 Å². The monoisotopic (exact) mass is 222 g/mol. The number of aliphatic carboxylic acids is 1. The number of nitrogens with two attached hydrogens (primary N) is 2. The molecule has 0 radical (unpaired) electrons. The predicted octanol–water partition coefficient (Wildman–Crippen LogP) is 0.954. The van der Waals surface area contributed by atoms with E-state index in [0.717, 1.165) is 12.0 Å². The van der Waals surface area contributed by atoms with Gasteiger partial charge in [0.05, 0.1) is 0 Å². The summed E-state index contributed by atoms with van der Waals surface area (Å²) in [6.45, 7) is 1.76. The first kappa shape index (κ1) is 12.7. The third-order valence-electron chi connectivity index (χ3n) is 2.89. The third kappa shape index (κ3) is 3.05. The van der Waals surface area contributed by atoms with E-state index < -0.39 is 11.6 Å². The summed E-state index contributed by atoms with van der Waals surface area (Å²) in [6.07, 6.45) is 1.44. The topological polar surface area (TPSA) is 89.3 Å². The van der Waals surface area contributed by atoms with Gasteiger partial charge in [0.1, 0.15) is 0 Å². The van der Waals surface area contributed by atoms with Crippen molar-refractivity contribution in [2.45, 2.75) is 25.4 Å². The van der Waals surface area contributed by atoms with E-state index in [9.17, 15) is 4.79 Å². The molecular formula is C12H18N2O2. The molecule has 1 rings (SSSR count). The molecule has 0 fully saturated rings. The van der Waals surface area contributed by atoms with E-state index in [1.54, 1.807) is 6.92 Å². The molecule has 0 bridgehead atoms. The minimum Gasteiger partial charge on any atom is -0.479 e. The van der Waals surface area contributed by atoms with Crippen molar-refractivity contribution in [1.29, 1.82) is 0 Å². The fourth-order valence-corrected chi connectivity index (χ4v) is 1.48. The Kier molecular flexibility index (Phi) is 4.04. The highest BCUT2D eigenvalue weighted by Gasteiger charge is 2.34. The molecule has 1 atom stereocenters. The number of hydrogen-bond donors (Lipinski definition) is 3. The lowest BCUT2D eigenvalue weighted by Crippen LogP contribution is -2.61. The van der Waals surface area contributed by atoms with Crippen LogP contribution in [0.25, 0.3) is 0 Å². The van der Waals surface area contributed by atoms with Crippen LogP contribution in [0, 0.1) is 5.92 Å². The van der Waals surface area contributed by atoms with Gasteiger partial charge in [-0.15, -0.1) is 0 Å². The van der Waals surface area contributed by atoms with Crippen LogP contribution in [-0.4, -0.2) is 16.7 Å². The summed E-state index contributed by atoms with van der Waals surface area (Å²) >= 11 is 0. The minimum atomic E-state index is -1.64. The molecule has 0 spiro atoms. The third-order valence-corrected chi connectivity index (χ3v) is 2.89. The Morgan fingerprint density at radius 2 is 1.94 bits per heavy atom. The Balaban J connectivity index is 2.53. The van der Waals surface area contributed by atoms with Crippen LogP contribution in [0.4, 0.5) is 0 Å². The molecule has 1 aromatic rings. The van der Waals surface area contributed by atoms with E-state index in [2.05, 4.69) is 0 Å². The van der Waals surface area contributed by atoms with E-state index in [0.29, 0.717) is 6.42 Å². The van der Waals surface area contributed by atoms with Crippen molar-refractivity contribution in [3.05, 3.63) is 35.9 Å². The largest absolute Gasteiger partial charge is 0.479 e. The highest BCUT2D eigenvalue weighted by Crippen LogP contribution is 2.16. The lowest BCUT2D eigenvalue weighted by Gasteiger charge is -2.26. The lowest BCUT2D eigenvalue weighted by molar-refractivity contribution is -0.145. The molecule has 0 heterocycles. The zero-order valence-electron chi connectivity index (χ0n) is 9.39. The summed E-state index contributed by atoms with van der Waals surface area (Å²) in [5.74, 6) is -1.43. The smallest absolute Gasteiger partial charge is 0.338 e. The summed E-state index contributed by atoms with van der Waals surface area (Å²) in [5.41, 5.74) is 10.6. The summed E-state index contributed by atoms with van der Waals surface area (Å²) in [7, 11) is 0. The molecule has 0 aromatic heterocycles. The highest BCUT2D eigenvalue weighted by molar-refractivity contribution is 5.77. The summed E-state index contributed by atoms with van der Waals surface area (Å²) < 4.78 is 0. The maximum atomic E-state index is 10.8. The van der Waals surface area contributed by atoms with Crippen LogP contribution >= 0.6 is 0 Å². The molecule has 0 aliphatic rings. The second kappa shape index (κ2) is 5.09. The number of carbonyl (C=O) groups is 1. The van der Waals surface area contributed by atoms with Crippen LogP contribution in [0.3, 0.4) is 0 Å². The Hall–Kier alpha value is -1.39. The zero-order valence-corrected chi connectivity index (χ0v) is 9.39. The lowest BCUT2D eigenvalue weighted by atomic mass is 9.90. The van der Waals surface area contributed by atoms with Gasteiger partial charge in [0.15, 0.2) is 5.66 Å². The van der Waals surface area contributed by atoms with E-state index in [4.69, 9.17) is 16.6 Å². The maximum Gasteiger partial charge on any atom is 0.338 e. The van der Waals surface area contributed by atoms with Gasteiger partial charge in [-0.2, -0.15) is 0 Å². The molecule has 0 aliphatic carbocycles. The maximum absolute atomic E-state index is 10.8. The molecule has 88 valence electrons. The molecule has 4 nitrogen and oxygen atoms in total. The van der Waals surface area contributed by atoms with Gasteiger partial charge in [0, 0.05) is 0 Å². The number of aryl methyl sites for hydroxylation is 1. The first-order chi connectivity index (χ1) is 7.44. The minimum absolute atomic E-state index is 0.273. The quantitative estimate of drug-likeness (QED) is 0.647. The summed E-state index contributed by atoms with van der Waals surface area (Å²) in [4.78, 5) is 10.8. The van der Waals surface area contributed by atoms with E-state index in [1.165, 1.54) is 0 Å². The Bertz CT molecular complexity index is 349. The van der Waals surface area contributed by atoms with Crippen LogP contribution in [0.15, 0.2) is 30.3 Å². The van der Waals surface area contributed by atoms with Crippen molar-refractivity contribution in [3.63, 3.8) is 0 Å². The molecule has 1 unspecified atom stereocenters. The van der Waals surface area contributed by atoms with Crippen molar-refractivity contribution in [2.75, 3.05) is 0 Å². The molecule has 5 N–H and O–H groups in total. The van der Waals surface area contributed by atoms with Gasteiger partial charge in [-0.1, -0.05) is 37.3 Å². The molecule has 0 saturated carbocycles.